The van der Waals surface area contributed by atoms with Crippen LogP contribution in [-0.2, 0) is 16.0 Å². The Morgan fingerprint density at radius 3 is 2.53 bits per heavy atom. The molecule has 108 valence electrons. The summed E-state index contributed by atoms with van der Waals surface area (Å²) < 4.78 is 59.2. The number of alkyl halides is 3. The third-order valence-corrected chi connectivity index (χ3v) is 3.20. The topological polar surface area (TPSA) is 85.1 Å². The lowest BCUT2D eigenvalue weighted by molar-refractivity contribution is -0.137. The molecule has 1 heterocycles. The van der Waals surface area contributed by atoms with E-state index < -0.39 is 21.6 Å². The van der Waals surface area contributed by atoms with Crippen molar-refractivity contribution in [3.05, 3.63) is 17.7 Å². The van der Waals surface area contributed by atoms with Gasteiger partial charge in [-0.2, -0.15) is 13.2 Å². The molecule has 0 saturated carbocycles. The van der Waals surface area contributed by atoms with Crippen molar-refractivity contribution in [3.63, 3.8) is 0 Å². The number of nitrogens with zero attached hydrogens (tertiary/aromatic N) is 1. The monoisotopic (exact) mass is 297 g/mol. The zero-order valence-electron chi connectivity index (χ0n) is 10.2. The van der Waals surface area contributed by atoms with Gasteiger partial charge in [-0.25, -0.2) is 13.4 Å². The summed E-state index contributed by atoms with van der Waals surface area (Å²) in [7, 11) is -3.08. The number of rotatable bonds is 5. The number of nitrogens with two attached hydrogens (primary N) is 1. The molecule has 0 aliphatic carbocycles. The van der Waals surface area contributed by atoms with Crippen LogP contribution in [0.25, 0.3) is 0 Å². The highest BCUT2D eigenvalue weighted by molar-refractivity contribution is 7.90. The van der Waals surface area contributed by atoms with E-state index in [9.17, 15) is 21.6 Å². The van der Waals surface area contributed by atoms with E-state index in [1.165, 1.54) is 0 Å². The highest BCUT2D eigenvalue weighted by atomic mass is 32.2. The van der Waals surface area contributed by atoms with Crippen molar-refractivity contribution < 1.29 is 21.6 Å². The molecule has 3 N–H and O–H groups in total. The minimum Gasteiger partial charge on any atom is -0.384 e. The first-order valence-corrected chi connectivity index (χ1v) is 7.40. The Morgan fingerprint density at radius 2 is 2.00 bits per heavy atom. The molecule has 0 radical (unpaired) electrons. The number of nitrogen functional groups attached to an aromatic ring is 1. The lowest BCUT2D eigenvalue weighted by Crippen LogP contribution is -2.12. The first-order valence-electron chi connectivity index (χ1n) is 5.34. The second-order valence-corrected chi connectivity index (χ2v) is 6.33. The molecular formula is C10H14F3N3O2S. The number of sulfone groups is 1. The summed E-state index contributed by atoms with van der Waals surface area (Å²) in [4.78, 5) is 3.70. The van der Waals surface area contributed by atoms with Gasteiger partial charge in [0, 0.05) is 12.8 Å². The SMILES string of the molecule is CS(=O)(=O)CCCNc1cc(C(F)(F)F)cc(N)n1. The van der Waals surface area contributed by atoms with Gasteiger partial charge in [-0.3, -0.25) is 0 Å². The van der Waals surface area contributed by atoms with Crippen molar-refractivity contribution in [2.75, 3.05) is 29.6 Å². The van der Waals surface area contributed by atoms with Gasteiger partial charge in [0.1, 0.15) is 21.5 Å². The van der Waals surface area contributed by atoms with E-state index in [2.05, 4.69) is 10.3 Å². The largest absolute Gasteiger partial charge is 0.416 e. The molecule has 0 amide bonds. The number of pyridine rings is 1. The molecule has 0 unspecified atom stereocenters. The van der Waals surface area contributed by atoms with Crippen molar-refractivity contribution in [3.8, 4) is 0 Å². The maximum Gasteiger partial charge on any atom is 0.416 e. The summed E-state index contributed by atoms with van der Waals surface area (Å²) in [6.45, 7) is 0.195. The fraction of sp³-hybridized carbons (Fsp3) is 0.500. The van der Waals surface area contributed by atoms with Gasteiger partial charge in [0.05, 0.1) is 11.3 Å². The van der Waals surface area contributed by atoms with Crippen LogP contribution in [0.4, 0.5) is 24.8 Å². The van der Waals surface area contributed by atoms with Crippen LogP contribution in [-0.4, -0.2) is 32.0 Å². The molecule has 1 aromatic rings. The van der Waals surface area contributed by atoms with Gasteiger partial charge in [0.25, 0.3) is 0 Å². The minimum absolute atomic E-state index is 0.0270. The molecule has 19 heavy (non-hydrogen) atoms. The average molecular weight is 297 g/mol. The molecule has 0 aliphatic heterocycles. The first-order chi connectivity index (χ1) is 8.58. The average Bonchev–Trinajstić information content (AvgIpc) is 2.21. The predicted octanol–water partition coefficient (Wildman–Crippen LogP) is 1.53. The zero-order chi connectivity index (χ0) is 14.7. The van der Waals surface area contributed by atoms with E-state index >= 15 is 0 Å². The molecule has 0 spiro atoms. The predicted molar refractivity (Wildman–Crippen MR) is 66.5 cm³/mol. The fourth-order valence-corrected chi connectivity index (χ4v) is 2.03. The summed E-state index contributed by atoms with van der Waals surface area (Å²) in [5.41, 5.74) is 4.39. The second-order valence-electron chi connectivity index (χ2n) is 4.07. The van der Waals surface area contributed by atoms with Crippen LogP contribution < -0.4 is 11.1 Å². The highest BCUT2D eigenvalue weighted by Crippen LogP contribution is 2.31. The molecule has 0 fully saturated rings. The first kappa shape index (κ1) is 15.5. The van der Waals surface area contributed by atoms with Crippen LogP contribution in [0.1, 0.15) is 12.0 Å². The molecule has 0 bridgehead atoms. The van der Waals surface area contributed by atoms with Crippen LogP contribution in [0.5, 0.6) is 0 Å². The Hall–Kier alpha value is -1.51. The lowest BCUT2D eigenvalue weighted by Gasteiger charge is -2.11. The molecule has 1 aromatic heterocycles. The summed E-state index contributed by atoms with van der Waals surface area (Å²) in [6.07, 6.45) is -3.13. The van der Waals surface area contributed by atoms with Crippen LogP contribution in [0, 0.1) is 0 Å². The van der Waals surface area contributed by atoms with Crippen LogP contribution in [0.3, 0.4) is 0 Å². The number of halogens is 3. The van der Waals surface area contributed by atoms with E-state index in [1.807, 2.05) is 0 Å². The summed E-state index contributed by atoms with van der Waals surface area (Å²) in [5.74, 6) is -0.324. The minimum atomic E-state index is -4.50. The Labute approximate surface area is 108 Å². The van der Waals surface area contributed by atoms with Crippen molar-refractivity contribution in [1.82, 2.24) is 4.98 Å². The smallest absolute Gasteiger partial charge is 0.384 e. The van der Waals surface area contributed by atoms with E-state index in [-0.39, 0.29) is 30.4 Å². The number of nitrogens with one attached hydrogen (secondary N) is 1. The highest BCUT2D eigenvalue weighted by Gasteiger charge is 2.31. The third-order valence-electron chi connectivity index (χ3n) is 2.17. The number of hydrogen-bond donors (Lipinski definition) is 2. The van der Waals surface area contributed by atoms with E-state index in [0.717, 1.165) is 18.4 Å². The Morgan fingerprint density at radius 1 is 1.37 bits per heavy atom. The number of aromatic nitrogens is 1. The van der Waals surface area contributed by atoms with Gasteiger partial charge in [-0.05, 0) is 18.6 Å². The Balaban J connectivity index is 2.67. The summed E-state index contributed by atoms with van der Waals surface area (Å²) in [6, 6.07) is 1.57. The van der Waals surface area contributed by atoms with Crippen molar-refractivity contribution in [1.29, 1.82) is 0 Å². The third kappa shape index (κ3) is 5.77. The Kier molecular flexibility index (Phi) is 4.61. The van der Waals surface area contributed by atoms with E-state index in [4.69, 9.17) is 5.73 Å². The Bertz CT molecular complexity index is 543. The molecular weight excluding hydrogens is 283 g/mol. The van der Waals surface area contributed by atoms with Crippen molar-refractivity contribution in [2.24, 2.45) is 0 Å². The summed E-state index contributed by atoms with van der Waals surface area (Å²) in [5, 5.41) is 2.62. The number of anilines is 2. The maximum absolute atomic E-state index is 12.5. The van der Waals surface area contributed by atoms with Gasteiger partial charge >= 0.3 is 6.18 Å². The molecule has 5 nitrogen and oxygen atoms in total. The van der Waals surface area contributed by atoms with Crippen molar-refractivity contribution >= 4 is 21.5 Å². The second kappa shape index (κ2) is 5.64. The summed E-state index contributed by atoms with van der Waals surface area (Å²) >= 11 is 0. The van der Waals surface area contributed by atoms with Gasteiger partial charge in [-0.1, -0.05) is 0 Å². The molecule has 0 atom stereocenters. The van der Waals surface area contributed by atoms with Gasteiger partial charge < -0.3 is 11.1 Å². The van der Waals surface area contributed by atoms with Gasteiger partial charge in [0.2, 0.25) is 0 Å². The maximum atomic E-state index is 12.5. The van der Waals surface area contributed by atoms with Crippen LogP contribution >= 0.6 is 0 Å². The van der Waals surface area contributed by atoms with Gasteiger partial charge in [-0.15, -0.1) is 0 Å². The lowest BCUT2D eigenvalue weighted by atomic mass is 10.2. The van der Waals surface area contributed by atoms with Crippen LogP contribution in [0.15, 0.2) is 12.1 Å². The molecule has 9 heteroatoms. The molecule has 1 rings (SSSR count). The van der Waals surface area contributed by atoms with E-state index in [0.29, 0.717) is 0 Å². The fourth-order valence-electron chi connectivity index (χ4n) is 1.36. The molecule has 0 saturated heterocycles. The molecule has 0 aromatic carbocycles. The normalized spacial score (nSPS) is 12.4. The van der Waals surface area contributed by atoms with Crippen molar-refractivity contribution in [2.45, 2.75) is 12.6 Å². The van der Waals surface area contributed by atoms with E-state index in [1.54, 1.807) is 0 Å². The molecule has 0 aliphatic rings. The van der Waals surface area contributed by atoms with Crippen LogP contribution in [0.2, 0.25) is 0 Å². The number of hydrogen-bond acceptors (Lipinski definition) is 5. The van der Waals surface area contributed by atoms with Gasteiger partial charge in [0.15, 0.2) is 0 Å². The standard InChI is InChI=1S/C10H14F3N3O2S/c1-19(17,18)4-2-3-15-9-6-7(10(11,12)13)5-8(14)16-9/h5-6H,2-4H2,1H3,(H3,14,15,16). The quantitative estimate of drug-likeness (QED) is 0.805. The zero-order valence-corrected chi connectivity index (χ0v) is 11.0.